The summed E-state index contributed by atoms with van der Waals surface area (Å²) in [5.41, 5.74) is 12.6. The van der Waals surface area contributed by atoms with Gasteiger partial charge in [-0.3, -0.25) is 15.0 Å². The molecule has 2 unspecified atom stereocenters. The molecule has 0 radical (unpaired) electrons. The molecule has 0 saturated heterocycles. The van der Waals surface area contributed by atoms with Crippen molar-refractivity contribution >= 4 is 17.5 Å². The van der Waals surface area contributed by atoms with Crippen molar-refractivity contribution in [2.45, 2.75) is 32.2 Å². The number of amides is 2. The van der Waals surface area contributed by atoms with Gasteiger partial charge in [-0.2, -0.15) is 0 Å². The molecule has 0 aromatic heterocycles. The average molecular weight is 323 g/mol. The molecule has 1 aliphatic rings. The fourth-order valence-corrected chi connectivity index (χ4v) is 3.18. The number of fused-ring (bicyclic) bond motifs is 1. The second-order valence-electron chi connectivity index (χ2n) is 6.21. The van der Waals surface area contributed by atoms with Gasteiger partial charge in [-0.15, -0.1) is 0 Å². The molecule has 0 bridgehead atoms. The van der Waals surface area contributed by atoms with Crippen LogP contribution < -0.4 is 16.2 Å². The van der Waals surface area contributed by atoms with Gasteiger partial charge in [0.25, 0.3) is 5.91 Å². The maximum absolute atomic E-state index is 12.7. The highest BCUT2D eigenvalue weighted by atomic mass is 16.2. The highest BCUT2D eigenvalue weighted by Crippen LogP contribution is 2.38. The fourth-order valence-electron chi connectivity index (χ4n) is 3.18. The molecule has 1 heterocycles. The molecule has 0 fully saturated rings. The van der Waals surface area contributed by atoms with Crippen LogP contribution in [0.5, 0.6) is 0 Å². The lowest BCUT2D eigenvalue weighted by Gasteiger charge is -2.25. The van der Waals surface area contributed by atoms with E-state index >= 15 is 0 Å². The Morgan fingerprint density at radius 2 is 1.92 bits per heavy atom. The number of carbonyl (C=O) groups is 2. The number of aryl methyl sites for hydroxylation is 1. The van der Waals surface area contributed by atoms with Crippen LogP contribution >= 0.6 is 0 Å². The number of hydrogen-bond acceptors (Lipinski definition) is 3. The second kappa shape index (κ2) is 6.45. The van der Waals surface area contributed by atoms with E-state index in [1.165, 1.54) is 11.9 Å². The van der Waals surface area contributed by atoms with Crippen LogP contribution in [0, 0.1) is 6.92 Å². The molecule has 5 heteroatoms. The fraction of sp³-hybridized carbons (Fsp3) is 0.263. The summed E-state index contributed by atoms with van der Waals surface area (Å²) in [6.07, 6.45) is 0.495. The minimum absolute atomic E-state index is 0.000455. The number of nitrogens with two attached hydrogens (primary N) is 1. The second-order valence-corrected chi connectivity index (χ2v) is 6.21. The molecule has 24 heavy (non-hydrogen) atoms. The zero-order valence-electron chi connectivity index (χ0n) is 13.8. The molecule has 1 aliphatic heterocycles. The largest absolute Gasteiger partial charge is 0.320 e. The van der Waals surface area contributed by atoms with Crippen molar-refractivity contribution in [1.82, 2.24) is 5.43 Å². The molecular weight excluding hydrogens is 302 g/mol. The van der Waals surface area contributed by atoms with E-state index < -0.39 is 6.04 Å². The van der Waals surface area contributed by atoms with Crippen molar-refractivity contribution < 1.29 is 9.59 Å². The molecule has 5 nitrogen and oxygen atoms in total. The van der Waals surface area contributed by atoms with Crippen molar-refractivity contribution in [2.75, 3.05) is 5.01 Å². The summed E-state index contributed by atoms with van der Waals surface area (Å²) in [7, 11) is 0. The molecule has 2 amide bonds. The number of nitrogens with one attached hydrogen (secondary N) is 1. The van der Waals surface area contributed by atoms with Gasteiger partial charge in [0.1, 0.15) is 0 Å². The van der Waals surface area contributed by atoms with E-state index in [-0.39, 0.29) is 17.7 Å². The zero-order chi connectivity index (χ0) is 17.3. The maximum atomic E-state index is 12.7. The molecule has 2 aromatic carbocycles. The molecule has 0 aliphatic carbocycles. The van der Waals surface area contributed by atoms with Gasteiger partial charge in [0.15, 0.2) is 0 Å². The molecule has 0 saturated carbocycles. The summed E-state index contributed by atoms with van der Waals surface area (Å²) in [4.78, 5) is 24.3. The number of benzene rings is 2. The molecule has 0 spiro atoms. The van der Waals surface area contributed by atoms with Gasteiger partial charge in [-0.25, -0.2) is 5.01 Å². The molecule has 3 N–H and O–H groups in total. The van der Waals surface area contributed by atoms with Gasteiger partial charge < -0.3 is 5.73 Å². The van der Waals surface area contributed by atoms with Crippen molar-refractivity contribution in [3.05, 3.63) is 65.2 Å². The van der Waals surface area contributed by atoms with Gasteiger partial charge in [-0.05, 0) is 36.1 Å². The van der Waals surface area contributed by atoms with Crippen LogP contribution in [0.1, 0.15) is 36.0 Å². The third kappa shape index (κ3) is 3.03. The van der Waals surface area contributed by atoms with E-state index in [1.807, 2.05) is 55.5 Å². The molecule has 3 rings (SSSR count). The Bertz CT molecular complexity index is 773. The Labute approximate surface area is 141 Å². The number of nitrogens with zero attached hydrogens (tertiary/aromatic N) is 1. The molecule has 2 atom stereocenters. The van der Waals surface area contributed by atoms with Crippen molar-refractivity contribution in [3.63, 3.8) is 0 Å². The first kappa shape index (κ1) is 16.2. The summed E-state index contributed by atoms with van der Waals surface area (Å²) in [6.45, 7) is 3.34. The number of carbonyl (C=O) groups excluding carboxylic acids is 2. The van der Waals surface area contributed by atoms with Gasteiger partial charge >= 0.3 is 0 Å². The summed E-state index contributed by atoms with van der Waals surface area (Å²) in [6, 6.07) is 15.3. The summed E-state index contributed by atoms with van der Waals surface area (Å²) >= 11 is 0. The predicted octanol–water partition coefficient (Wildman–Crippen LogP) is 2.24. The summed E-state index contributed by atoms with van der Waals surface area (Å²) in [5, 5.41) is 1.30. The Balaban J connectivity index is 2.17. The van der Waals surface area contributed by atoms with E-state index in [0.29, 0.717) is 12.1 Å². The average Bonchev–Trinajstić information content (AvgIpc) is 2.66. The predicted molar refractivity (Wildman–Crippen MR) is 93.4 cm³/mol. The molecular formula is C19H21N3O2. The Morgan fingerprint density at radius 1 is 1.21 bits per heavy atom. The van der Waals surface area contributed by atoms with Gasteiger partial charge in [0.05, 0.1) is 11.7 Å². The Kier molecular flexibility index (Phi) is 4.36. The van der Waals surface area contributed by atoms with E-state index in [1.54, 1.807) is 0 Å². The van der Waals surface area contributed by atoms with Crippen LogP contribution in [0.2, 0.25) is 0 Å². The van der Waals surface area contributed by atoms with Gasteiger partial charge in [0, 0.05) is 12.8 Å². The van der Waals surface area contributed by atoms with Crippen LogP contribution in [0.3, 0.4) is 0 Å². The van der Waals surface area contributed by atoms with Crippen LogP contribution in [0.25, 0.3) is 0 Å². The zero-order valence-corrected chi connectivity index (χ0v) is 13.8. The third-order valence-corrected chi connectivity index (χ3v) is 4.30. The van der Waals surface area contributed by atoms with Crippen molar-refractivity contribution in [1.29, 1.82) is 0 Å². The van der Waals surface area contributed by atoms with Crippen LogP contribution in [0.15, 0.2) is 48.5 Å². The first-order valence-electron chi connectivity index (χ1n) is 7.99. The number of rotatable bonds is 2. The normalized spacial score (nSPS) is 20.3. The lowest BCUT2D eigenvalue weighted by atomic mass is 9.86. The molecule has 124 valence electrons. The van der Waals surface area contributed by atoms with Gasteiger partial charge in [-0.1, -0.05) is 42.5 Å². The maximum Gasteiger partial charge on any atom is 0.262 e. The first-order chi connectivity index (χ1) is 11.5. The smallest absolute Gasteiger partial charge is 0.262 e. The van der Waals surface area contributed by atoms with Crippen LogP contribution in [-0.4, -0.2) is 17.9 Å². The lowest BCUT2D eigenvalue weighted by molar-refractivity contribution is -0.125. The van der Waals surface area contributed by atoms with Crippen molar-refractivity contribution in [2.24, 2.45) is 5.73 Å². The SMILES string of the molecule is CC(=O)NN1C(=O)C(N)CC(c2ccccc2)c2ccc(C)cc21. The Hall–Kier alpha value is -2.66. The standard InChI is InChI=1S/C19H21N3O2/c1-12-8-9-15-16(14-6-4-3-5-7-14)11-17(20)19(24)22(18(15)10-12)21-13(2)23/h3-10,16-17H,11,20H2,1-2H3,(H,21,23). The molecule has 2 aromatic rings. The summed E-state index contributed by atoms with van der Waals surface area (Å²) < 4.78 is 0. The summed E-state index contributed by atoms with van der Waals surface area (Å²) in [5.74, 6) is -0.601. The van der Waals surface area contributed by atoms with E-state index in [2.05, 4.69) is 5.43 Å². The number of hydrazine groups is 1. The minimum atomic E-state index is -0.685. The van der Waals surface area contributed by atoms with E-state index in [0.717, 1.165) is 16.7 Å². The van der Waals surface area contributed by atoms with Gasteiger partial charge in [0.2, 0.25) is 5.91 Å². The van der Waals surface area contributed by atoms with Crippen molar-refractivity contribution in [3.8, 4) is 0 Å². The third-order valence-electron chi connectivity index (χ3n) is 4.30. The lowest BCUT2D eigenvalue weighted by Crippen LogP contribution is -2.51. The highest BCUT2D eigenvalue weighted by Gasteiger charge is 2.34. The van der Waals surface area contributed by atoms with Crippen LogP contribution in [0.4, 0.5) is 5.69 Å². The topological polar surface area (TPSA) is 75.4 Å². The minimum Gasteiger partial charge on any atom is -0.320 e. The number of anilines is 1. The first-order valence-corrected chi connectivity index (χ1v) is 7.99. The van der Waals surface area contributed by atoms with Crippen LogP contribution in [-0.2, 0) is 9.59 Å². The Morgan fingerprint density at radius 3 is 2.58 bits per heavy atom. The monoisotopic (exact) mass is 323 g/mol. The highest BCUT2D eigenvalue weighted by molar-refractivity contribution is 6.00. The van der Waals surface area contributed by atoms with E-state index in [4.69, 9.17) is 5.73 Å². The van der Waals surface area contributed by atoms with E-state index in [9.17, 15) is 9.59 Å². The quantitative estimate of drug-likeness (QED) is 0.890. The number of hydrogen-bond donors (Lipinski definition) is 2.